The summed E-state index contributed by atoms with van der Waals surface area (Å²) in [5.74, 6) is 0. The van der Waals surface area contributed by atoms with Gasteiger partial charge in [-0.1, -0.05) is 6.07 Å². The summed E-state index contributed by atoms with van der Waals surface area (Å²) in [5, 5.41) is 10.4. The Balaban J connectivity index is 2.20. The summed E-state index contributed by atoms with van der Waals surface area (Å²) in [7, 11) is 0. The van der Waals surface area contributed by atoms with Crippen LogP contribution >= 0.6 is 0 Å². The van der Waals surface area contributed by atoms with Crippen molar-refractivity contribution in [3.05, 3.63) is 34.5 Å². The van der Waals surface area contributed by atoms with Crippen LogP contribution in [0.25, 0.3) is 10.9 Å². The maximum atomic E-state index is 8.98. The first-order chi connectivity index (χ1) is 8.72. The van der Waals surface area contributed by atoms with Gasteiger partial charge in [0.25, 0.3) is 0 Å². The molecule has 1 aromatic carbocycles. The second-order valence-electron chi connectivity index (χ2n) is 5.44. The molecule has 0 aliphatic carbocycles. The van der Waals surface area contributed by atoms with Gasteiger partial charge in [-0.05, 0) is 62.3 Å². The number of rotatable bonds is 3. The van der Waals surface area contributed by atoms with E-state index < -0.39 is 0 Å². The van der Waals surface area contributed by atoms with E-state index >= 15 is 0 Å². The van der Waals surface area contributed by atoms with Crippen LogP contribution in [0.2, 0.25) is 0 Å². The molecule has 1 aliphatic rings. The van der Waals surface area contributed by atoms with Crippen molar-refractivity contribution in [2.75, 3.05) is 6.61 Å². The SMILES string of the molecule is Cc1c(C)n2c3c(cc(CCCO)cc13)CCC2. The highest BCUT2D eigenvalue weighted by Crippen LogP contribution is 2.33. The van der Waals surface area contributed by atoms with Crippen LogP contribution in [0.5, 0.6) is 0 Å². The summed E-state index contributed by atoms with van der Waals surface area (Å²) in [6.45, 7) is 5.92. The van der Waals surface area contributed by atoms with E-state index in [4.69, 9.17) is 5.11 Å². The minimum atomic E-state index is 0.284. The molecule has 2 heteroatoms. The van der Waals surface area contributed by atoms with E-state index in [-0.39, 0.29) is 6.61 Å². The van der Waals surface area contributed by atoms with Gasteiger partial charge in [0.15, 0.2) is 0 Å². The number of benzene rings is 1. The van der Waals surface area contributed by atoms with Crippen molar-refractivity contribution in [2.45, 2.75) is 46.1 Å². The van der Waals surface area contributed by atoms with Crippen molar-refractivity contribution < 1.29 is 5.11 Å². The van der Waals surface area contributed by atoms with E-state index in [0.29, 0.717) is 0 Å². The molecule has 0 atom stereocenters. The average molecular weight is 243 g/mol. The standard InChI is InChI=1S/C16H21NO/c1-11-12(2)17-7-3-6-14-9-13(5-4-8-18)10-15(11)16(14)17/h9-10,18H,3-8H2,1-2H3. The Labute approximate surface area is 108 Å². The Hall–Kier alpha value is -1.28. The summed E-state index contributed by atoms with van der Waals surface area (Å²) >= 11 is 0. The van der Waals surface area contributed by atoms with Gasteiger partial charge in [0.2, 0.25) is 0 Å². The first-order valence-electron chi connectivity index (χ1n) is 6.94. The second-order valence-corrected chi connectivity index (χ2v) is 5.44. The maximum absolute atomic E-state index is 8.98. The van der Waals surface area contributed by atoms with Gasteiger partial charge in [-0.3, -0.25) is 0 Å². The van der Waals surface area contributed by atoms with Crippen LogP contribution in [0.4, 0.5) is 0 Å². The zero-order valence-corrected chi connectivity index (χ0v) is 11.3. The monoisotopic (exact) mass is 243 g/mol. The Bertz CT molecular complexity index is 595. The Morgan fingerprint density at radius 1 is 1.28 bits per heavy atom. The maximum Gasteiger partial charge on any atom is 0.0517 e. The zero-order chi connectivity index (χ0) is 12.7. The topological polar surface area (TPSA) is 25.2 Å². The molecule has 0 saturated carbocycles. The molecule has 1 N–H and O–H groups in total. The lowest BCUT2D eigenvalue weighted by atomic mass is 9.97. The molecule has 2 heterocycles. The van der Waals surface area contributed by atoms with Gasteiger partial charge >= 0.3 is 0 Å². The third-order valence-corrected chi connectivity index (χ3v) is 4.32. The number of aliphatic hydroxyl groups is 1. The zero-order valence-electron chi connectivity index (χ0n) is 11.3. The molecule has 96 valence electrons. The molecule has 0 bridgehead atoms. The van der Waals surface area contributed by atoms with Crippen molar-refractivity contribution in [3.8, 4) is 0 Å². The number of aryl methyl sites for hydroxylation is 4. The van der Waals surface area contributed by atoms with Crippen molar-refractivity contribution in [2.24, 2.45) is 0 Å². The highest BCUT2D eigenvalue weighted by molar-refractivity contribution is 5.89. The van der Waals surface area contributed by atoms with Crippen LogP contribution in [0.15, 0.2) is 12.1 Å². The van der Waals surface area contributed by atoms with Gasteiger partial charge in [0.05, 0.1) is 5.52 Å². The molecule has 3 rings (SSSR count). The van der Waals surface area contributed by atoms with Gasteiger partial charge in [0.1, 0.15) is 0 Å². The smallest absolute Gasteiger partial charge is 0.0517 e. The first kappa shape index (κ1) is 11.8. The van der Waals surface area contributed by atoms with Crippen LogP contribution < -0.4 is 0 Å². The lowest BCUT2D eigenvalue weighted by molar-refractivity contribution is 0.288. The largest absolute Gasteiger partial charge is 0.396 e. The normalized spacial score (nSPS) is 14.4. The number of aromatic nitrogens is 1. The van der Waals surface area contributed by atoms with E-state index in [2.05, 4.69) is 30.5 Å². The third-order valence-electron chi connectivity index (χ3n) is 4.32. The van der Waals surface area contributed by atoms with Gasteiger partial charge in [-0.15, -0.1) is 0 Å². The Morgan fingerprint density at radius 3 is 2.89 bits per heavy atom. The minimum absolute atomic E-state index is 0.284. The fourth-order valence-electron chi connectivity index (χ4n) is 3.26. The number of hydrogen-bond acceptors (Lipinski definition) is 1. The molecule has 1 aromatic heterocycles. The van der Waals surface area contributed by atoms with Gasteiger partial charge in [0, 0.05) is 24.2 Å². The summed E-state index contributed by atoms with van der Waals surface area (Å²) in [6, 6.07) is 4.69. The minimum Gasteiger partial charge on any atom is -0.396 e. The first-order valence-corrected chi connectivity index (χ1v) is 6.94. The fourth-order valence-corrected chi connectivity index (χ4v) is 3.26. The van der Waals surface area contributed by atoms with Crippen molar-refractivity contribution in [1.82, 2.24) is 4.57 Å². The van der Waals surface area contributed by atoms with Gasteiger partial charge in [-0.25, -0.2) is 0 Å². The molecule has 0 unspecified atom stereocenters. The molecule has 0 spiro atoms. The summed E-state index contributed by atoms with van der Waals surface area (Å²) in [6.07, 6.45) is 4.31. The van der Waals surface area contributed by atoms with Crippen molar-refractivity contribution in [1.29, 1.82) is 0 Å². The summed E-state index contributed by atoms with van der Waals surface area (Å²) in [5.41, 5.74) is 7.20. The van der Waals surface area contributed by atoms with Crippen LogP contribution in [-0.2, 0) is 19.4 Å². The summed E-state index contributed by atoms with van der Waals surface area (Å²) in [4.78, 5) is 0. The molecule has 0 radical (unpaired) electrons. The van der Waals surface area contributed by atoms with Crippen LogP contribution in [0.3, 0.4) is 0 Å². The molecular formula is C16H21NO. The van der Waals surface area contributed by atoms with Crippen molar-refractivity contribution >= 4 is 10.9 Å². The number of nitrogens with zero attached hydrogens (tertiary/aromatic N) is 1. The van der Waals surface area contributed by atoms with Gasteiger partial charge in [-0.2, -0.15) is 0 Å². The highest BCUT2D eigenvalue weighted by Gasteiger charge is 2.18. The van der Waals surface area contributed by atoms with Crippen molar-refractivity contribution in [3.63, 3.8) is 0 Å². The Morgan fingerprint density at radius 2 is 2.11 bits per heavy atom. The van der Waals surface area contributed by atoms with E-state index in [9.17, 15) is 0 Å². The van der Waals surface area contributed by atoms with E-state index in [1.54, 1.807) is 0 Å². The fraction of sp³-hybridized carbons (Fsp3) is 0.500. The van der Waals surface area contributed by atoms with Crippen LogP contribution in [0.1, 0.15) is 35.2 Å². The molecule has 18 heavy (non-hydrogen) atoms. The average Bonchev–Trinajstić information content (AvgIpc) is 2.64. The van der Waals surface area contributed by atoms with Gasteiger partial charge < -0.3 is 9.67 Å². The molecule has 2 aromatic rings. The lowest BCUT2D eigenvalue weighted by Crippen LogP contribution is -2.09. The molecule has 0 saturated heterocycles. The van der Waals surface area contributed by atoms with E-state index in [1.807, 2.05) is 0 Å². The molecule has 1 aliphatic heterocycles. The van der Waals surface area contributed by atoms with Crippen LogP contribution in [-0.4, -0.2) is 16.3 Å². The molecule has 2 nitrogen and oxygen atoms in total. The lowest BCUT2D eigenvalue weighted by Gasteiger charge is -2.18. The van der Waals surface area contributed by atoms with E-state index in [0.717, 1.165) is 12.8 Å². The quantitative estimate of drug-likeness (QED) is 0.880. The molecule has 0 fully saturated rings. The highest BCUT2D eigenvalue weighted by atomic mass is 16.2. The third kappa shape index (κ3) is 1.67. The summed E-state index contributed by atoms with van der Waals surface area (Å²) < 4.78 is 2.49. The predicted molar refractivity (Wildman–Crippen MR) is 75.1 cm³/mol. The number of aliphatic hydroxyl groups excluding tert-OH is 1. The molecule has 0 amide bonds. The van der Waals surface area contributed by atoms with Crippen LogP contribution in [0, 0.1) is 13.8 Å². The molecular weight excluding hydrogens is 222 g/mol. The second kappa shape index (κ2) is 4.43. The Kier molecular flexibility index (Phi) is 2.90. The number of hydrogen-bond donors (Lipinski definition) is 1. The van der Waals surface area contributed by atoms with E-state index in [1.165, 1.54) is 52.7 Å². The predicted octanol–water partition coefficient (Wildman–Crippen LogP) is 3.13.